The Morgan fingerprint density at radius 3 is 2.45 bits per heavy atom. The maximum atomic E-state index is 11.2. The topological polar surface area (TPSA) is 26.3 Å². The molecule has 1 saturated carbocycles. The number of allylic oxidation sites excluding steroid dienone is 3. The molecule has 0 aliphatic heterocycles. The van der Waals surface area contributed by atoms with Crippen molar-refractivity contribution in [1.82, 2.24) is 0 Å². The van der Waals surface area contributed by atoms with Crippen molar-refractivity contribution in [1.29, 1.82) is 0 Å². The molecule has 0 unspecified atom stereocenters. The average Bonchev–Trinajstić information content (AvgIpc) is 3.25. The van der Waals surface area contributed by atoms with Crippen LogP contribution in [0.15, 0.2) is 52.0 Å². The minimum absolute atomic E-state index is 0.132. The van der Waals surface area contributed by atoms with Gasteiger partial charge in [-0.1, -0.05) is 42.5 Å². The van der Waals surface area contributed by atoms with Crippen LogP contribution in [0, 0.1) is 0 Å². The molecule has 0 N–H and O–H groups in total. The fourth-order valence-corrected chi connectivity index (χ4v) is 2.82. The Morgan fingerprint density at radius 1 is 1.23 bits per heavy atom. The van der Waals surface area contributed by atoms with Gasteiger partial charge in [0, 0.05) is 11.5 Å². The van der Waals surface area contributed by atoms with Crippen LogP contribution in [-0.2, 0) is 14.9 Å². The summed E-state index contributed by atoms with van der Waals surface area (Å²) in [4.78, 5) is 11.2. The van der Waals surface area contributed by atoms with E-state index >= 15 is 0 Å². The first-order valence-electron chi connectivity index (χ1n) is 7.22. The minimum atomic E-state index is -0.298. The van der Waals surface area contributed by atoms with Crippen molar-refractivity contribution in [2.45, 2.75) is 25.2 Å². The standard InChI is InChI=1S/C18H18Br2O2/c1-2-22-17(21)5-3-4-10-18(11-12-18)15-8-6-14(7-9-15)13-16(19)20/h3-10,13H,2,11-12H2,1H3. The van der Waals surface area contributed by atoms with Crippen LogP contribution >= 0.6 is 31.9 Å². The fourth-order valence-electron chi connectivity index (χ4n) is 2.29. The maximum Gasteiger partial charge on any atom is 0.330 e. The number of rotatable bonds is 6. The second-order valence-electron chi connectivity index (χ2n) is 5.18. The zero-order valence-electron chi connectivity index (χ0n) is 12.4. The SMILES string of the molecule is CCOC(=O)C=CC=CC1(c2ccc(C=C(Br)Br)cc2)CC1. The number of carbonyl (C=O) groups is 1. The van der Waals surface area contributed by atoms with Gasteiger partial charge in [0.25, 0.3) is 0 Å². The Kier molecular flexibility index (Phi) is 6.21. The molecule has 0 saturated heterocycles. The molecule has 2 rings (SSSR count). The highest BCUT2D eigenvalue weighted by Gasteiger charge is 2.41. The van der Waals surface area contributed by atoms with Crippen LogP contribution < -0.4 is 0 Å². The van der Waals surface area contributed by atoms with Crippen molar-refractivity contribution in [2.75, 3.05) is 6.61 Å². The van der Waals surface area contributed by atoms with Gasteiger partial charge in [-0.05, 0) is 68.8 Å². The summed E-state index contributed by atoms with van der Waals surface area (Å²) in [7, 11) is 0. The zero-order valence-corrected chi connectivity index (χ0v) is 15.6. The molecule has 1 aromatic rings. The van der Waals surface area contributed by atoms with Gasteiger partial charge < -0.3 is 4.74 Å². The van der Waals surface area contributed by atoms with Crippen molar-refractivity contribution < 1.29 is 9.53 Å². The number of hydrogen-bond acceptors (Lipinski definition) is 2. The van der Waals surface area contributed by atoms with E-state index in [1.54, 1.807) is 13.0 Å². The van der Waals surface area contributed by atoms with Crippen LogP contribution in [-0.4, -0.2) is 12.6 Å². The van der Waals surface area contributed by atoms with Gasteiger partial charge in [0.1, 0.15) is 0 Å². The van der Waals surface area contributed by atoms with E-state index in [1.165, 1.54) is 11.6 Å². The molecule has 0 aromatic heterocycles. The molecule has 116 valence electrons. The molecule has 2 nitrogen and oxygen atoms in total. The van der Waals surface area contributed by atoms with E-state index in [0.717, 1.165) is 21.8 Å². The van der Waals surface area contributed by atoms with E-state index in [2.05, 4.69) is 62.2 Å². The number of ether oxygens (including phenoxy) is 1. The summed E-state index contributed by atoms with van der Waals surface area (Å²) in [6.07, 6.45) is 11.6. The summed E-state index contributed by atoms with van der Waals surface area (Å²) in [5.41, 5.74) is 2.60. The molecule has 0 atom stereocenters. The normalized spacial score (nSPS) is 16.0. The predicted molar refractivity (Wildman–Crippen MR) is 98.1 cm³/mol. The number of halogens is 2. The van der Waals surface area contributed by atoms with Crippen LogP contribution in [0.4, 0.5) is 0 Å². The summed E-state index contributed by atoms with van der Waals surface area (Å²) in [6.45, 7) is 2.20. The summed E-state index contributed by atoms with van der Waals surface area (Å²) < 4.78 is 5.77. The largest absolute Gasteiger partial charge is 0.463 e. The molecule has 0 bridgehead atoms. The van der Waals surface area contributed by atoms with Gasteiger partial charge in [-0.25, -0.2) is 4.79 Å². The molecule has 1 aromatic carbocycles. The lowest BCUT2D eigenvalue weighted by molar-refractivity contribution is -0.137. The molecule has 0 radical (unpaired) electrons. The first-order valence-corrected chi connectivity index (χ1v) is 8.80. The molecule has 4 heteroatoms. The molecular weight excluding hydrogens is 408 g/mol. The Labute approximate surface area is 148 Å². The number of benzene rings is 1. The van der Waals surface area contributed by atoms with Crippen molar-refractivity contribution in [3.8, 4) is 0 Å². The van der Waals surface area contributed by atoms with E-state index in [0.29, 0.717) is 6.61 Å². The molecule has 0 heterocycles. The Morgan fingerprint density at radius 2 is 1.91 bits per heavy atom. The van der Waals surface area contributed by atoms with Gasteiger partial charge >= 0.3 is 5.97 Å². The molecule has 1 fully saturated rings. The Bertz CT molecular complexity index is 604. The van der Waals surface area contributed by atoms with Gasteiger partial charge in [0.05, 0.1) is 10.00 Å². The average molecular weight is 426 g/mol. The van der Waals surface area contributed by atoms with Crippen molar-refractivity contribution in [3.63, 3.8) is 0 Å². The lowest BCUT2D eigenvalue weighted by Gasteiger charge is -2.10. The van der Waals surface area contributed by atoms with E-state index in [-0.39, 0.29) is 11.4 Å². The molecule has 1 aliphatic rings. The monoisotopic (exact) mass is 424 g/mol. The lowest BCUT2D eigenvalue weighted by Crippen LogP contribution is -2.01. The highest BCUT2D eigenvalue weighted by molar-refractivity contribution is 9.28. The maximum absolute atomic E-state index is 11.2. The summed E-state index contributed by atoms with van der Waals surface area (Å²) in [5.74, 6) is -0.298. The van der Waals surface area contributed by atoms with Crippen LogP contribution in [0.25, 0.3) is 6.08 Å². The zero-order chi connectivity index (χ0) is 16.0. The Balaban J connectivity index is 2.02. The fraction of sp³-hybridized carbons (Fsp3) is 0.278. The number of carbonyl (C=O) groups excluding carboxylic acids is 1. The lowest BCUT2D eigenvalue weighted by atomic mass is 9.94. The van der Waals surface area contributed by atoms with Crippen molar-refractivity contribution in [3.05, 3.63) is 63.1 Å². The first kappa shape index (κ1) is 17.2. The first-order chi connectivity index (χ1) is 10.6. The Hall–Kier alpha value is -1.13. The van der Waals surface area contributed by atoms with Gasteiger partial charge in [-0.2, -0.15) is 0 Å². The van der Waals surface area contributed by atoms with Gasteiger partial charge in [0.2, 0.25) is 0 Å². The van der Waals surface area contributed by atoms with E-state index in [9.17, 15) is 4.79 Å². The van der Waals surface area contributed by atoms with Gasteiger partial charge in [-0.15, -0.1) is 0 Å². The quantitative estimate of drug-likeness (QED) is 0.342. The summed E-state index contributed by atoms with van der Waals surface area (Å²) in [6, 6.07) is 8.56. The minimum Gasteiger partial charge on any atom is -0.463 e. The number of esters is 1. The van der Waals surface area contributed by atoms with Gasteiger partial charge in [0.15, 0.2) is 0 Å². The predicted octanol–water partition coefficient (Wildman–Crippen LogP) is 5.48. The van der Waals surface area contributed by atoms with E-state index < -0.39 is 0 Å². The van der Waals surface area contributed by atoms with E-state index in [1.807, 2.05) is 12.2 Å². The van der Waals surface area contributed by atoms with Crippen LogP contribution in [0.5, 0.6) is 0 Å². The second-order valence-corrected chi connectivity index (χ2v) is 7.96. The molecule has 0 spiro atoms. The van der Waals surface area contributed by atoms with Crippen molar-refractivity contribution in [2.24, 2.45) is 0 Å². The molecular formula is C18H18Br2O2. The van der Waals surface area contributed by atoms with Gasteiger partial charge in [-0.3, -0.25) is 0 Å². The van der Waals surface area contributed by atoms with Crippen LogP contribution in [0.2, 0.25) is 0 Å². The third-order valence-corrected chi connectivity index (χ3v) is 4.05. The molecule has 1 aliphatic carbocycles. The second kappa shape index (κ2) is 7.93. The number of hydrogen-bond donors (Lipinski definition) is 0. The summed E-state index contributed by atoms with van der Waals surface area (Å²) >= 11 is 6.74. The van der Waals surface area contributed by atoms with Crippen molar-refractivity contribution >= 4 is 43.9 Å². The van der Waals surface area contributed by atoms with Crippen LogP contribution in [0.3, 0.4) is 0 Å². The third-order valence-electron chi connectivity index (χ3n) is 3.60. The molecule has 0 amide bonds. The summed E-state index contributed by atoms with van der Waals surface area (Å²) in [5, 5.41) is 0. The van der Waals surface area contributed by atoms with E-state index in [4.69, 9.17) is 4.74 Å². The highest BCUT2D eigenvalue weighted by Crippen LogP contribution is 2.49. The molecule has 22 heavy (non-hydrogen) atoms. The highest BCUT2D eigenvalue weighted by atomic mass is 79.9. The smallest absolute Gasteiger partial charge is 0.330 e. The third kappa shape index (κ3) is 4.96. The van der Waals surface area contributed by atoms with Crippen LogP contribution in [0.1, 0.15) is 30.9 Å².